The molecule has 15 heavy (non-hydrogen) atoms. The molecule has 3 nitrogen and oxygen atoms in total. The molecular weight excluding hydrogens is 216 g/mol. The van der Waals surface area contributed by atoms with E-state index in [9.17, 15) is 4.79 Å². The van der Waals surface area contributed by atoms with E-state index in [2.05, 4.69) is 0 Å². The summed E-state index contributed by atoms with van der Waals surface area (Å²) in [5.41, 5.74) is 1.28. The quantitative estimate of drug-likeness (QED) is 0.744. The number of methoxy groups -OCH3 is 1. The Morgan fingerprint density at radius 1 is 1.47 bits per heavy atom. The van der Waals surface area contributed by atoms with Gasteiger partial charge in [-0.3, -0.25) is 0 Å². The summed E-state index contributed by atoms with van der Waals surface area (Å²) in [4.78, 5) is 11.4. The molecule has 0 atom stereocenters. The zero-order chi connectivity index (χ0) is 11.3. The molecule has 0 saturated heterocycles. The Bertz CT molecular complexity index is 350. The average molecular weight is 229 g/mol. The molecule has 1 rings (SSSR count). The molecule has 0 aliphatic carbocycles. The number of hydrogen-bond acceptors (Lipinski definition) is 3. The first-order valence-corrected chi connectivity index (χ1v) is 5.01. The molecule has 0 spiro atoms. The summed E-state index contributed by atoms with van der Waals surface area (Å²) in [5.74, 6) is -0.341. The van der Waals surface area contributed by atoms with Gasteiger partial charge in [-0.05, 0) is 30.7 Å². The minimum absolute atomic E-state index is 0.341. The number of hydrogen-bond donors (Lipinski definition) is 0. The third kappa shape index (κ3) is 3.22. The Hall–Kier alpha value is -1.06. The van der Waals surface area contributed by atoms with Crippen LogP contribution < -0.4 is 0 Å². The van der Waals surface area contributed by atoms with Crippen LogP contribution in [0.25, 0.3) is 0 Å². The van der Waals surface area contributed by atoms with Crippen molar-refractivity contribution >= 4 is 17.6 Å². The Morgan fingerprint density at radius 2 is 2.20 bits per heavy atom. The summed E-state index contributed by atoms with van der Waals surface area (Å²) in [6.07, 6.45) is 0. The van der Waals surface area contributed by atoms with Crippen molar-refractivity contribution in [2.45, 2.75) is 13.5 Å². The highest BCUT2D eigenvalue weighted by Gasteiger charge is 2.09. The molecule has 1 aromatic carbocycles. The summed E-state index contributed by atoms with van der Waals surface area (Å²) < 4.78 is 9.84. The van der Waals surface area contributed by atoms with E-state index in [0.717, 1.165) is 5.56 Å². The molecule has 1 aromatic rings. The second-order valence-electron chi connectivity index (χ2n) is 2.96. The van der Waals surface area contributed by atoms with Gasteiger partial charge in [0.15, 0.2) is 0 Å². The first-order chi connectivity index (χ1) is 7.19. The highest BCUT2D eigenvalue weighted by atomic mass is 35.5. The lowest BCUT2D eigenvalue weighted by Crippen LogP contribution is -2.05. The number of rotatable bonds is 4. The zero-order valence-electron chi connectivity index (χ0n) is 8.75. The summed E-state index contributed by atoms with van der Waals surface area (Å²) >= 11 is 5.92. The SMILES string of the molecule is CCOC(=O)c1ccc(Cl)c(COC)c1. The summed E-state index contributed by atoms with van der Waals surface area (Å²) in [7, 11) is 1.58. The largest absolute Gasteiger partial charge is 0.462 e. The van der Waals surface area contributed by atoms with Crippen LogP contribution in [-0.2, 0) is 16.1 Å². The van der Waals surface area contributed by atoms with Gasteiger partial charge >= 0.3 is 5.97 Å². The van der Waals surface area contributed by atoms with Gasteiger partial charge in [-0.1, -0.05) is 11.6 Å². The third-order valence-electron chi connectivity index (χ3n) is 1.86. The molecule has 0 amide bonds. The van der Waals surface area contributed by atoms with E-state index in [-0.39, 0.29) is 5.97 Å². The lowest BCUT2D eigenvalue weighted by Gasteiger charge is -2.06. The third-order valence-corrected chi connectivity index (χ3v) is 2.23. The lowest BCUT2D eigenvalue weighted by molar-refractivity contribution is 0.0526. The lowest BCUT2D eigenvalue weighted by atomic mass is 10.1. The van der Waals surface area contributed by atoms with E-state index < -0.39 is 0 Å². The summed E-state index contributed by atoms with van der Waals surface area (Å²) in [6, 6.07) is 4.99. The molecule has 0 saturated carbocycles. The van der Waals surface area contributed by atoms with Crippen LogP contribution in [0.1, 0.15) is 22.8 Å². The topological polar surface area (TPSA) is 35.5 Å². The number of carbonyl (C=O) groups is 1. The Morgan fingerprint density at radius 3 is 2.80 bits per heavy atom. The first-order valence-electron chi connectivity index (χ1n) is 4.63. The van der Waals surface area contributed by atoms with Gasteiger partial charge in [-0.15, -0.1) is 0 Å². The smallest absolute Gasteiger partial charge is 0.338 e. The van der Waals surface area contributed by atoms with Crippen molar-refractivity contribution in [3.8, 4) is 0 Å². The molecule has 82 valence electrons. The first kappa shape index (κ1) is 12.0. The number of esters is 1. The maximum Gasteiger partial charge on any atom is 0.338 e. The van der Waals surface area contributed by atoms with Crippen LogP contribution in [0, 0.1) is 0 Å². The van der Waals surface area contributed by atoms with E-state index in [4.69, 9.17) is 21.1 Å². The standard InChI is InChI=1S/C11H13ClO3/c1-3-15-11(13)8-4-5-10(12)9(6-8)7-14-2/h4-6H,3,7H2,1-2H3. The van der Waals surface area contributed by atoms with Crippen LogP contribution in [0.4, 0.5) is 0 Å². The number of benzene rings is 1. The number of halogens is 1. The van der Waals surface area contributed by atoms with Crippen LogP contribution in [0.5, 0.6) is 0 Å². The number of ether oxygens (including phenoxy) is 2. The van der Waals surface area contributed by atoms with Gasteiger partial charge in [-0.2, -0.15) is 0 Å². The predicted octanol–water partition coefficient (Wildman–Crippen LogP) is 2.66. The monoisotopic (exact) mass is 228 g/mol. The fourth-order valence-electron chi connectivity index (χ4n) is 1.18. The molecule has 0 aromatic heterocycles. The summed E-state index contributed by atoms with van der Waals surface area (Å²) in [5, 5.41) is 0.588. The fourth-order valence-corrected chi connectivity index (χ4v) is 1.35. The average Bonchev–Trinajstić information content (AvgIpc) is 2.22. The molecule has 0 bridgehead atoms. The van der Waals surface area contributed by atoms with E-state index >= 15 is 0 Å². The summed E-state index contributed by atoms with van der Waals surface area (Å²) in [6.45, 7) is 2.51. The molecular formula is C11H13ClO3. The van der Waals surface area contributed by atoms with Crippen molar-refractivity contribution < 1.29 is 14.3 Å². The zero-order valence-corrected chi connectivity index (χ0v) is 9.50. The van der Waals surface area contributed by atoms with Gasteiger partial charge in [0, 0.05) is 12.1 Å². The molecule has 0 heterocycles. The van der Waals surface area contributed by atoms with Crippen LogP contribution in [0.15, 0.2) is 18.2 Å². The maximum atomic E-state index is 11.4. The highest BCUT2D eigenvalue weighted by Crippen LogP contribution is 2.18. The van der Waals surface area contributed by atoms with E-state index in [1.165, 1.54) is 0 Å². The van der Waals surface area contributed by atoms with Crippen LogP contribution in [0.3, 0.4) is 0 Å². The molecule has 0 radical (unpaired) electrons. The predicted molar refractivity (Wildman–Crippen MR) is 58.1 cm³/mol. The van der Waals surface area contributed by atoms with E-state index in [1.807, 2.05) is 0 Å². The van der Waals surface area contributed by atoms with Gasteiger partial charge in [0.25, 0.3) is 0 Å². The van der Waals surface area contributed by atoms with Crippen molar-refractivity contribution in [1.29, 1.82) is 0 Å². The highest BCUT2D eigenvalue weighted by molar-refractivity contribution is 6.31. The Labute approximate surface area is 93.9 Å². The second kappa shape index (κ2) is 5.73. The van der Waals surface area contributed by atoms with Gasteiger partial charge in [0.1, 0.15) is 0 Å². The minimum atomic E-state index is -0.341. The van der Waals surface area contributed by atoms with Crippen LogP contribution >= 0.6 is 11.6 Å². The van der Waals surface area contributed by atoms with Crippen molar-refractivity contribution in [2.75, 3.05) is 13.7 Å². The minimum Gasteiger partial charge on any atom is -0.462 e. The van der Waals surface area contributed by atoms with E-state index in [1.54, 1.807) is 32.2 Å². The van der Waals surface area contributed by atoms with Gasteiger partial charge in [-0.25, -0.2) is 4.79 Å². The van der Waals surface area contributed by atoms with Crippen LogP contribution in [0.2, 0.25) is 5.02 Å². The van der Waals surface area contributed by atoms with E-state index in [0.29, 0.717) is 23.8 Å². The molecule has 0 fully saturated rings. The molecule has 0 aliphatic heterocycles. The normalized spacial score (nSPS) is 10.1. The fraction of sp³-hybridized carbons (Fsp3) is 0.364. The molecule has 0 N–H and O–H groups in total. The van der Waals surface area contributed by atoms with Gasteiger partial charge in [0.2, 0.25) is 0 Å². The molecule has 0 unspecified atom stereocenters. The number of carbonyl (C=O) groups excluding carboxylic acids is 1. The molecule has 4 heteroatoms. The van der Waals surface area contributed by atoms with Crippen molar-refractivity contribution in [1.82, 2.24) is 0 Å². The van der Waals surface area contributed by atoms with Crippen molar-refractivity contribution in [2.24, 2.45) is 0 Å². The Balaban J connectivity index is 2.91. The van der Waals surface area contributed by atoms with Crippen molar-refractivity contribution in [3.05, 3.63) is 34.3 Å². The van der Waals surface area contributed by atoms with Crippen molar-refractivity contribution in [3.63, 3.8) is 0 Å². The van der Waals surface area contributed by atoms with Crippen LogP contribution in [-0.4, -0.2) is 19.7 Å². The van der Waals surface area contributed by atoms with Gasteiger partial charge in [0.05, 0.1) is 18.8 Å². The maximum absolute atomic E-state index is 11.4. The van der Waals surface area contributed by atoms with Gasteiger partial charge < -0.3 is 9.47 Å². The molecule has 0 aliphatic rings. The Kier molecular flexibility index (Phi) is 4.59. The second-order valence-corrected chi connectivity index (χ2v) is 3.37.